The lowest BCUT2D eigenvalue weighted by Crippen LogP contribution is -2.27. The number of benzene rings is 1. The molecule has 1 atom stereocenters. The summed E-state index contributed by atoms with van der Waals surface area (Å²) < 4.78 is 21.9. The fraction of sp³-hybridized carbons (Fsp3) is 0.300. The van der Waals surface area contributed by atoms with Crippen molar-refractivity contribution >= 4 is 17.8 Å². The Bertz CT molecular complexity index is 993. The number of methoxy groups -OCH3 is 2. The molecule has 1 aromatic carbocycles. The number of nitrogens with one attached hydrogen (secondary N) is 1. The van der Waals surface area contributed by atoms with Gasteiger partial charge in [0.2, 0.25) is 18.3 Å². The van der Waals surface area contributed by atoms with Crippen molar-refractivity contribution in [3.05, 3.63) is 41.7 Å². The molecule has 2 aromatic rings. The van der Waals surface area contributed by atoms with Gasteiger partial charge in [-0.2, -0.15) is 5.10 Å². The molecule has 0 unspecified atom stereocenters. The van der Waals surface area contributed by atoms with Crippen LogP contribution in [0.25, 0.3) is 0 Å². The SMILES string of the molecule is COc1cc(C[C@H]2CC(C(=O)N/N=C\c3cccnc3)=NO2)c(OC)c2c1OCO2. The lowest BCUT2D eigenvalue weighted by molar-refractivity contribution is -0.114. The number of nitrogens with zero attached hydrogens (tertiary/aromatic N) is 3. The van der Waals surface area contributed by atoms with Gasteiger partial charge in [-0.1, -0.05) is 11.2 Å². The summed E-state index contributed by atoms with van der Waals surface area (Å²) in [6, 6.07) is 5.41. The smallest absolute Gasteiger partial charge is 0.289 e. The molecule has 4 rings (SSSR count). The Kier molecular flexibility index (Phi) is 5.64. The predicted molar refractivity (Wildman–Crippen MR) is 106 cm³/mol. The average molecular weight is 412 g/mol. The predicted octanol–water partition coefficient (Wildman–Crippen LogP) is 1.67. The van der Waals surface area contributed by atoms with E-state index in [-0.39, 0.29) is 18.6 Å². The number of carbonyl (C=O) groups is 1. The highest BCUT2D eigenvalue weighted by Gasteiger charge is 2.31. The van der Waals surface area contributed by atoms with Crippen molar-refractivity contribution in [2.45, 2.75) is 18.9 Å². The Hall–Kier alpha value is -3.82. The largest absolute Gasteiger partial charge is 0.493 e. The molecule has 0 saturated carbocycles. The topological polar surface area (TPSA) is 113 Å². The number of oxime groups is 1. The molecule has 10 heteroatoms. The monoisotopic (exact) mass is 412 g/mol. The van der Waals surface area contributed by atoms with E-state index in [1.807, 2.05) is 12.1 Å². The van der Waals surface area contributed by atoms with Gasteiger partial charge in [0.25, 0.3) is 5.91 Å². The van der Waals surface area contributed by atoms with E-state index < -0.39 is 5.91 Å². The normalized spacial score (nSPS) is 16.9. The van der Waals surface area contributed by atoms with Gasteiger partial charge in [0.05, 0.1) is 20.4 Å². The van der Waals surface area contributed by atoms with Gasteiger partial charge in [0.1, 0.15) is 11.8 Å². The minimum absolute atomic E-state index is 0.0957. The van der Waals surface area contributed by atoms with Gasteiger partial charge in [-0.3, -0.25) is 9.78 Å². The standard InChI is InChI=1S/C20H20N4O6/c1-26-16-7-13(17(27-2)19-18(16)28-11-29-19)6-14-8-15(24-30-14)20(25)23-22-10-12-4-3-5-21-9-12/h3-5,7,9-10,14H,6,8,11H2,1-2H3,(H,23,25)/b22-10-/t14-/m0/s1. The summed E-state index contributed by atoms with van der Waals surface area (Å²) in [5, 5.41) is 7.82. The molecule has 0 fully saturated rings. The maximum Gasteiger partial charge on any atom is 0.289 e. The Morgan fingerprint density at radius 1 is 1.33 bits per heavy atom. The van der Waals surface area contributed by atoms with Gasteiger partial charge in [-0.25, -0.2) is 5.43 Å². The molecule has 0 radical (unpaired) electrons. The molecular weight excluding hydrogens is 392 g/mol. The fourth-order valence-electron chi connectivity index (χ4n) is 3.19. The molecule has 2 aliphatic rings. The minimum Gasteiger partial charge on any atom is -0.493 e. The number of carbonyl (C=O) groups excluding carboxylic acids is 1. The molecule has 10 nitrogen and oxygen atoms in total. The number of aromatic nitrogens is 1. The third-order valence-corrected chi connectivity index (χ3v) is 4.57. The maximum absolute atomic E-state index is 12.3. The van der Waals surface area contributed by atoms with Crippen molar-refractivity contribution in [2.75, 3.05) is 21.0 Å². The molecular formula is C20H20N4O6. The van der Waals surface area contributed by atoms with E-state index in [0.29, 0.717) is 35.8 Å². The second-order valence-corrected chi connectivity index (χ2v) is 6.50. The molecule has 0 spiro atoms. The second kappa shape index (κ2) is 8.68. The van der Waals surface area contributed by atoms with Crippen LogP contribution in [0.4, 0.5) is 0 Å². The first-order chi connectivity index (χ1) is 14.7. The van der Waals surface area contributed by atoms with Crippen LogP contribution >= 0.6 is 0 Å². The van der Waals surface area contributed by atoms with E-state index in [2.05, 4.69) is 20.7 Å². The third kappa shape index (κ3) is 3.97. The number of pyridine rings is 1. The molecule has 2 aliphatic heterocycles. The first-order valence-corrected chi connectivity index (χ1v) is 9.19. The summed E-state index contributed by atoms with van der Waals surface area (Å²) in [7, 11) is 3.11. The quantitative estimate of drug-likeness (QED) is 0.544. The summed E-state index contributed by atoms with van der Waals surface area (Å²) in [6.07, 6.45) is 5.22. The zero-order valence-electron chi connectivity index (χ0n) is 16.5. The number of hydrogen-bond acceptors (Lipinski definition) is 9. The highest BCUT2D eigenvalue weighted by atomic mass is 16.7. The van der Waals surface area contributed by atoms with Crippen molar-refractivity contribution < 1.29 is 28.6 Å². The molecule has 0 saturated heterocycles. The fourth-order valence-corrected chi connectivity index (χ4v) is 3.19. The van der Waals surface area contributed by atoms with E-state index in [1.54, 1.807) is 32.7 Å². The van der Waals surface area contributed by atoms with Gasteiger partial charge in [0, 0.05) is 36.4 Å². The van der Waals surface area contributed by atoms with Gasteiger partial charge in [-0.15, -0.1) is 0 Å². The van der Waals surface area contributed by atoms with Crippen LogP contribution < -0.4 is 24.4 Å². The lowest BCUT2D eigenvalue weighted by Gasteiger charge is -2.15. The lowest BCUT2D eigenvalue weighted by atomic mass is 10.0. The van der Waals surface area contributed by atoms with Gasteiger partial charge in [0.15, 0.2) is 11.5 Å². The van der Waals surface area contributed by atoms with Crippen molar-refractivity contribution in [1.82, 2.24) is 10.4 Å². The van der Waals surface area contributed by atoms with Crippen LogP contribution in [0.15, 0.2) is 40.8 Å². The van der Waals surface area contributed by atoms with E-state index in [4.69, 9.17) is 23.8 Å². The highest BCUT2D eigenvalue weighted by Crippen LogP contribution is 2.49. The van der Waals surface area contributed by atoms with Crippen LogP contribution in [0.3, 0.4) is 0 Å². The molecule has 1 aromatic heterocycles. The van der Waals surface area contributed by atoms with Crippen LogP contribution in [0.2, 0.25) is 0 Å². The minimum atomic E-state index is -0.423. The Balaban J connectivity index is 1.39. The van der Waals surface area contributed by atoms with Crippen molar-refractivity contribution in [1.29, 1.82) is 0 Å². The number of amides is 1. The summed E-state index contributed by atoms with van der Waals surface area (Å²) >= 11 is 0. The van der Waals surface area contributed by atoms with Crippen molar-refractivity contribution in [3.8, 4) is 23.0 Å². The number of hydrogen-bond donors (Lipinski definition) is 1. The van der Waals surface area contributed by atoms with Gasteiger partial charge < -0.3 is 23.8 Å². The molecule has 156 valence electrons. The van der Waals surface area contributed by atoms with E-state index in [1.165, 1.54) is 6.21 Å². The van der Waals surface area contributed by atoms with Crippen molar-refractivity contribution in [2.24, 2.45) is 10.3 Å². The molecule has 0 bridgehead atoms. The Morgan fingerprint density at radius 2 is 2.20 bits per heavy atom. The van der Waals surface area contributed by atoms with Crippen LogP contribution in [-0.2, 0) is 16.1 Å². The Labute approximate surface area is 172 Å². The van der Waals surface area contributed by atoms with Crippen molar-refractivity contribution in [3.63, 3.8) is 0 Å². The molecule has 3 heterocycles. The second-order valence-electron chi connectivity index (χ2n) is 6.50. The summed E-state index contributed by atoms with van der Waals surface area (Å²) in [4.78, 5) is 21.7. The first-order valence-electron chi connectivity index (χ1n) is 9.19. The Morgan fingerprint density at radius 3 is 2.97 bits per heavy atom. The van der Waals surface area contributed by atoms with Crippen LogP contribution in [0.5, 0.6) is 23.0 Å². The number of ether oxygens (including phenoxy) is 4. The zero-order chi connectivity index (χ0) is 20.9. The molecule has 0 aliphatic carbocycles. The van der Waals surface area contributed by atoms with E-state index >= 15 is 0 Å². The molecule has 1 amide bonds. The number of hydrazone groups is 1. The number of rotatable bonds is 7. The summed E-state index contributed by atoms with van der Waals surface area (Å²) in [6.45, 7) is 0.0957. The molecule has 30 heavy (non-hydrogen) atoms. The van der Waals surface area contributed by atoms with Gasteiger partial charge in [-0.05, 0) is 12.1 Å². The summed E-state index contributed by atoms with van der Waals surface area (Å²) in [5.74, 6) is 1.67. The van der Waals surface area contributed by atoms with E-state index in [9.17, 15) is 4.79 Å². The first kappa shape index (κ1) is 19.5. The highest BCUT2D eigenvalue weighted by molar-refractivity contribution is 6.39. The third-order valence-electron chi connectivity index (χ3n) is 4.57. The van der Waals surface area contributed by atoms with Crippen LogP contribution in [0, 0.1) is 0 Å². The zero-order valence-corrected chi connectivity index (χ0v) is 16.5. The van der Waals surface area contributed by atoms with E-state index in [0.717, 1.165) is 11.1 Å². The maximum atomic E-state index is 12.3. The summed E-state index contributed by atoms with van der Waals surface area (Å²) in [5.41, 5.74) is 4.27. The van der Waals surface area contributed by atoms with Crippen LogP contribution in [-0.4, -0.2) is 49.9 Å². The van der Waals surface area contributed by atoms with Crippen LogP contribution in [0.1, 0.15) is 17.5 Å². The number of fused-ring (bicyclic) bond motifs is 1. The molecule has 1 N–H and O–H groups in total. The average Bonchev–Trinajstić information content (AvgIpc) is 3.44. The van der Waals surface area contributed by atoms with Gasteiger partial charge >= 0.3 is 0 Å².